The lowest BCUT2D eigenvalue weighted by Crippen LogP contribution is -2.70. The Balaban J connectivity index is 1.47. The quantitative estimate of drug-likeness (QED) is 0.0199. The molecule has 0 aromatic rings. The summed E-state index contributed by atoms with van der Waals surface area (Å²) in [6, 6.07) is -2.62. The standard InChI is InChI=1S/C86H160N2O21/c1-4-6-8-10-12-14-16-18-20-22-24-26-28-30-31-32-33-34-35-36-38-40-42-44-46-48-50-52-54-56-58-60-73(96)88-67(68(93)59-57-55-53-51-49-47-45-43-41-39-37-29-27-25-23-21-19-17-15-13-11-9-7-5-2)65-104-83-78(100)77(99)80(72(64-91)106-83)107-84-79(101)82(76(98)71(63-90)105-84)109-86(85(102)103)61-69(94)74(87-66(3)92)81(108-86)75(97)70(95)62-89/h30-31,57,59,67-72,74-84,89-91,93-95,97-101H,4-29,32-56,58,60-65H2,1-3H3,(H,87,92)(H,88,96)(H,102,103)/b31-30-,59-57+. The molecular weight excluding hydrogens is 1400 g/mol. The molecule has 18 atom stereocenters. The van der Waals surface area contributed by atoms with Gasteiger partial charge in [-0.1, -0.05) is 327 Å². The number of nitrogens with one attached hydrogen (secondary N) is 2. The molecule has 3 fully saturated rings. The first-order valence-electron chi connectivity index (χ1n) is 44.2. The Labute approximate surface area is 657 Å². The topological polar surface area (TPSA) is 373 Å². The highest BCUT2D eigenvalue weighted by Crippen LogP contribution is 2.39. The van der Waals surface area contributed by atoms with Gasteiger partial charge in [0.25, 0.3) is 5.79 Å². The van der Waals surface area contributed by atoms with Crippen LogP contribution in [0.3, 0.4) is 0 Å². The van der Waals surface area contributed by atoms with E-state index in [0.717, 1.165) is 51.9 Å². The Bertz CT molecular complexity index is 2250. The molecule has 14 N–H and O–H groups in total. The first kappa shape index (κ1) is 100. The van der Waals surface area contributed by atoms with Gasteiger partial charge < -0.3 is 100 Å². The van der Waals surface area contributed by atoms with Crippen LogP contribution in [0.5, 0.6) is 0 Å². The van der Waals surface area contributed by atoms with Gasteiger partial charge in [0, 0.05) is 19.8 Å². The summed E-state index contributed by atoms with van der Waals surface area (Å²) >= 11 is 0. The maximum absolute atomic E-state index is 13.6. The number of carboxylic acid groups (broad SMARTS) is 1. The van der Waals surface area contributed by atoms with Gasteiger partial charge in [0.2, 0.25) is 11.8 Å². The van der Waals surface area contributed by atoms with Crippen LogP contribution in [-0.2, 0) is 42.8 Å². The van der Waals surface area contributed by atoms with Crippen molar-refractivity contribution in [1.82, 2.24) is 10.6 Å². The Morgan fingerprint density at radius 2 is 0.862 bits per heavy atom. The first-order chi connectivity index (χ1) is 52.9. The number of unbranched alkanes of at least 4 members (excludes halogenated alkanes) is 49. The SMILES string of the molecule is CCCCCCCCCCCCCC/C=C\CCCCCCCCCCCCCCCCCC(=O)NC(COC1OC(CO)C(OC2OC(CO)C(O)C(OC3(C(=O)O)CC(O)C(NC(C)=O)C(C(O)C(O)CO)O3)C2O)C(O)C1O)C(O)/C=C/CCCCCCCCCCCCCCCCCCCCCCCC. The molecule has 0 aromatic carbocycles. The summed E-state index contributed by atoms with van der Waals surface area (Å²) in [6.07, 6.45) is 45.1. The van der Waals surface area contributed by atoms with Gasteiger partial charge in [-0.3, -0.25) is 9.59 Å². The molecule has 0 saturated carbocycles. The maximum atomic E-state index is 13.6. The Hall–Kier alpha value is -2.79. The predicted molar refractivity (Wildman–Crippen MR) is 426 cm³/mol. The van der Waals surface area contributed by atoms with Crippen LogP contribution in [0.25, 0.3) is 0 Å². The molecule has 18 unspecified atom stereocenters. The molecule has 3 saturated heterocycles. The van der Waals surface area contributed by atoms with E-state index in [0.29, 0.717) is 12.8 Å². The smallest absolute Gasteiger partial charge is 0.364 e. The second-order valence-corrected chi connectivity index (χ2v) is 32.1. The van der Waals surface area contributed by atoms with Crippen LogP contribution in [0.1, 0.15) is 367 Å². The Morgan fingerprint density at radius 3 is 1.25 bits per heavy atom. The monoisotopic (exact) mass is 1560 g/mol. The number of hydrogen-bond donors (Lipinski definition) is 14. The summed E-state index contributed by atoms with van der Waals surface area (Å²) in [6.45, 7) is 2.21. The molecule has 0 aliphatic carbocycles. The van der Waals surface area contributed by atoms with Crippen LogP contribution in [0.4, 0.5) is 0 Å². The van der Waals surface area contributed by atoms with Crippen LogP contribution in [0.2, 0.25) is 0 Å². The molecular formula is C86H160N2O21. The number of carboxylic acids is 1. The van der Waals surface area contributed by atoms with Crippen LogP contribution < -0.4 is 10.6 Å². The third kappa shape index (κ3) is 43.7. The number of aliphatic carboxylic acids is 1. The van der Waals surface area contributed by atoms with Gasteiger partial charge in [0.05, 0.1) is 50.7 Å². The van der Waals surface area contributed by atoms with Gasteiger partial charge in [0.15, 0.2) is 12.6 Å². The van der Waals surface area contributed by atoms with Crippen LogP contribution in [-0.4, -0.2) is 215 Å². The number of amides is 2. The van der Waals surface area contributed by atoms with Crippen molar-refractivity contribution >= 4 is 17.8 Å². The maximum Gasteiger partial charge on any atom is 0.364 e. The van der Waals surface area contributed by atoms with Crippen molar-refractivity contribution in [1.29, 1.82) is 0 Å². The zero-order valence-corrected chi connectivity index (χ0v) is 68.2. The van der Waals surface area contributed by atoms with E-state index in [9.17, 15) is 75.7 Å². The largest absolute Gasteiger partial charge is 0.477 e. The lowest BCUT2D eigenvalue weighted by Gasteiger charge is -2.50. The summed E-state index contributed by atoms with van der Waals surface area (Å²) in [4.78, 5) is 38.8. The van der Waals surface area contributed by atoms with Crippen LogP contribution >= 0.6 is 0 Å². The van der Waals surface area contributed by atoms with E-state index in [1.165, 1.54) is 276 Å². The fourth-order valence-corrected chi connectivity index (χ4v) is 15.4. The van der Waals surface area contributed by atoms with E-state index in [-0.39, 0.29) is 12.3 Å². The van der Waals surface area contributed by atoms with E-state index >= 15 is 0 Å². The lowest BCUT2D eigenvalue weighted by atomic mass is 9.88. The second kappa shape index (κ2) is 64.4. The molecule has 109 heavy (non-hydrogen) atoms. The van der Waals surface area contributed by atoms with E-state index in [1.807, 2.05) is 6.08 Å². The number of hydrogen-bond acceptors (Lipinski definition) is 20. The summed E-state index contributed by atoms with van der Waals surface area (Å²) in [5, 5.41) is 137. The van der Waals surface area contributed by atoms with Gasteiger partial charge in [-0.25, -0.2) is 4.79 Å². The number of rotatable bonds is 71. The van der Waals surface area contributed by atoms with Crippen molar-refractivity contribution in [3.63, 3.8) is 0 Å². The van der Waals surface area contributed by atoms with Crippen molar-refractivity contribution in [3.8, 4) is 0 Å². The van der Waals surface area contributed by atoms with Gasteiger partial charge >= 0.3 is 5.97 Å². The van der Waals surface area contributed by atoms with Crippen molar-refractivity contribution < 1.29 is 104 Å². The van der Waals surface area contributed by atoms with Crippen molar-refractivity contribution in [2.45, 2.75) is 477 Å². The Morgan fingerprint density at radius 1 is 0.477 bits per heavy atom. The number of carbonyl (C=O) groups excluding carboxylic acids is 2. The molecule has 23 heteroatoms. The highest BCUT2D eigenvalue weighted by molar-refractivity contribution is 5.77. The molecule has 0 bridgehead atoms. The molecule has 3 heterocycles. The van der Waals surface area contributed by atoms with Crippen molar-refractivity contribution in [2.24, 2.45) is 0 Å². The number of carbonyl (C=O) groups is 3. The highest BCUT2D eigenvalue weighted by atomic mass is 16.8. The zero-order valence-electron chi connectivity index (χ0n) is 68.2. The van der Waals surface area contributed by atoms with E-state index in [4.69, 9.17) is 28.4 Å². The second-order valence-electron chi connectivity index (χ2n) is 32.1. The van der Waals surface area contributed by atoms with E-state index < -0.39 is 155 Å². The number of aliphatic hydroxyl groups excluding tert-OH is 11. The van der Waals surface area contributed by atoms with Crippen molar-refractivity contribution in [2.75, 3.05) is 26.4 Å². The highest BCUT2D eigenvalue weighted by Gasteiger charge is 2.60. The predicted octanol–water partition coefficient (Wildman–Crippen LogP) is 13.5. The molecule has 0 radical (unpaired) electrons. The summed E-state index contributed by atoms with van der Waals surface area (Å²) in [5.41, 5.74) is 0. The normalized spacial score (nSPS) is 25.8. The van der Waals surface area contributed by atoms with Crippen LogP contribution in [0, 0.1) is 0 Å². The Kier molecular flexibility index (Phi) is 59.3. The fraction of sp³-hybridized carbons (Fsp3) is 0.919. The average Bonchev–Trinajstić information content (AvgIpc) is 0.753. The summed E-state index contributed by atoms with van der Waals surface area (Å²) in [5.74, 6) is -6.13. The van der Waals surface area contributed by atoms with Gasteiger partial charge in [-0.05, 0) is 44.9 Å². The van der Waals surface area contributed by atoms with Gasteiger partial charge in [-0.15, -0.1) is 0 Å². The van der Waals surface area contributed by atoms with Crippen molar-refractivity contribution in [3.05, 3.63) is 24.3 Å². The number of ether oxygens (including phenoxy) is 6. The third-order valence-corrected chi connectivity index (χ3v) is 22.4. The fourth-order valence-electron chi connectivity index (χ4n) is 15.4. The number of aliphatic hydroxyl groups is 11. The summed E-state index contributed by atoms with van der Waals surface area (Å²) < 4.78 is 35.0. The molecule has 0 aromatic heterocycles. The van der Waals surface area contributed by atoms with E-state index in [1.54, 1.807) is 6.08 Å². The van der Waals surface area contributed by atoms with Gasteiger partial charge in [0.1, 0.15) is 67.1 Å². The van der Waals surface area contributed by atoms with Crippen LogP contribution in [0.15, 0.2) is 24.3 Å². The minimum Gasteiger partial charge on any atom is -0.477 e. The molecule has 2 amide bonds. The lowest BCUT2D eigenvalue weighted by molar-refractivity contribution is -0.386. The zero-order chi connectivity index (χ0) is 79.5. The molecule has 640 valence electrons. The molecule has 3 aliphatic rings. The minimum atomic E-state index is -3.08. The van der Waals surface area contributed by atoms with E-state index in [2.05, 4.69) is 36.6 Å². The first-order valence-corrected chi connectivity index (χ1v) is 44.2. The molecule has 3 rings (SSSR count). The number of allylic oxidation sites excluding steroid dienone is 3. The molecule has 3 aliphatic heterocycles. The molecule has 23 nitrogen and oxygen atoms in total. The molecule has 0 spiro atoms. The average molecular weight is 1560 g/mol. The minimum absolute atomic E-state index is 0.203. The van der Waals surface area contributed by atoms with Gasteiger partial charge in [-0.2, -0.15) is 0 Å². The third-order valence-electron chi connectivity index (χ3n) is 22.4. The summed E-state index contributed by atoms with van der Waals surface area (Å²) in [7, 11) is 0.